The van der Waals surface area contributed by atoms with Crippen LogP contribution in [0, 0.1) is 0 Å². The van der Waals surface area contributed by atoms with Crippen molar-refractivity contribution in [1.29, 1.82) is 0 Å². The molecule has 16 heavy (non-hydrogen) atoms. The molecule has 0 fully saturated rings. The standard InChI is InChI=1S/C10H9NO4S/c12-16(13,14)6-8-3-1-2-4-9(8)10-5-11-7-15-10/h1-5,7H,6H2,(H,12,13,14). The second-order valence-corrected chi connectivity index (χ2v) is 4.70. The molecule has 1 heterocycles. The van der Waals surface area contributed by atoms with Crippen LogP contribution in [0.4, 0.5) is 0 Å². The smallest absolute Gasteiger partial charge is 0.269 e. The Hall–Kier alpha value is -1.66. The Morgan fingerprint density at radius 3 is 2.69 bits per heavy atom. The molecule has 1 aromatic heterocycles. The Balaban J connectivity index is 2.47. The van der Waals surface area contributed by atoms with E-state index in [1.165, 1.54) is 12.6 Å². The summed E-state index contributed by atoms with van der Waals surface area (Å²) in [5.74, 6) is 0.0309. The Morgan fingerprint density at radius 1 is 1.31 bits per heavy atom. The van der Waals surface area contributed by atoms with Crippen LogP contribution in [0.15, 0.2) is 41.3 Å². The fourth-order valence-corrected chi connectivity index (χ4v) is 2.08. The summed E-state index contributed by atoms with van der Waals surface area (Å²) in [5.41, 5.74) is 1.08. The van der Waals surface area contributed by atoms with Crippen LogP contribution in [0.5, 0.6) is 0 Å². The molecule has 0 radical (unpaired) electrons. The predicted octanol–water partition coefficient (Wildman–Crippen LogP) is 1.73. The molecular formula is C10H9NO4S. The van der Waals surface area contributed by atoms with E-state index < -0.39 is 15.9 Å². The normalized spacial score (nSPS) is 11.6. The third kappa shape index (κ3) is 2.47. The first-order valence-electron chi connectivity index (χ1n) is 4.48. The largest absolute Gasteiger partial charge is 0.444 e. The quantitative estimate of drug-likeness (QED) is 0.825. The maximum atomic E-state index is 10.8. The van der Waals surface area contributed by atoms with E-state index in [1.54, 1.807) is 24.3 Å². The maximum Gasteiger partial charge on any atom is 0.269 e. The third-order valence-electron chi connectivity index (χ3n) is 2.05. The Labute approximate surface area is 92.5 Å². The first-order chi connectivity index (χ1) is 7.56. The van der Waals surface area contributed by atoms with Crippen LogP contribution in [0.2, 0.25) is 0 Å². The highest BCUT2D eigenvalue weighted by atomic mass is 32.2. The molecule has 0 aliphatic rings. The summed E-state index contributed by atoms with van der Waals surface area (Å²) in [5, 5.41) is 0. The van der Waals surface area contributed by atoms with Gasteiger partial charge < -0.3 is 4.42 Å². The van der Waals surface area contributed by atoms with E-state index in [4.69, 9.17) is 8.97 Å². The third-order valence-corrected chi connectivity index (χ3v) is 2.73. The molecule has 0 unspecified atom stereocenters. The summed E-state index contributed by atoms with van der Waals surface area (Å²) in [6.45, 7) is 0. The van der Waals surface area contributed by atoms with Crippen LogP contribution in [0.1, 0.15) is 5.56 Å². The number of nitrogens with zero attached hydrogens (tertiary/aromatic N) is 1. The van der Waals surface area contributed by atoms with Gasteiger partial charge >= 0.3 is 0 Å². The lowest BCUT2D eigenvalue weighted by atomic mass is 10.1. The lowest BCUT2D eigenvalue weighted by Gasteiger charge is -2.04. The number of hydrogen-bond donors (Lipinski definition) is 1. The van der Waals surface area contributed by atoms with Gasteiger partial charge in [0.2, 0.25) is 0 Å². The predicted molar refractivity (Wildman–Crippen MR) is 57.2 cm³/mol. The second kappa shape index (κ2) is 4.07. The number of oxazole rings is 1. The van der Waals surface area contributed by atoms with Crippen molar-refractivity contribution in [3.8, 4) is 11.3 Å². The van der Waals surface area contributed by atoms with Gasteiger partial charge in [0.25, 0.3) is 10.1 Å². The van der Waals surface area contributed by atoms with Gasteiger partial charge in [0.1, 0.15) is 5.75 Å². The average Bonchev–Trinajstić information content (AvgIpc) is 2.69. The highest BCUT2D eigenvalue weighted by Crippen LogP contribution is 2.24. The number of rotatable bonds is 3. The summed E-state index contributed by atoms with van der Waals surface area (Å²) in [6, 6.07) is 6.78. The van der Waals surface area contributed by atoms with Crippen LogP contribution < -0.4 is 0 Å². The number of hydrogen-bond acceptors (Lipinski definition) is 4. The molecule has 2 rings (SSSR count). The minimum Gasteiger partial charge on any atom is -0.444 e. The highest BCUT2D eigenvalue weighted by Gasteiger charge is 2.13. The zero-order valence-electron chi connectivity index (χ0n) is 8.20. The molecule has 84 valence electrons. The summed E-state index contributed by atoms with van der Waals surface area (Å²) in [6.07, 6.45) is 2.75. The molecule has 1 aromatic carbocycles. The van der Waals surface area contributed by atoms with Crippen LogP contribution in [-0.2, 0) is 15.9 Å². The van der Waals surface area contributed by atoms with E-state index in [1.807, 2.05) is 0 Å². The molecule has 0 saturated carbocycles. The molecule has 0 bridgehead atoms. The number of benzene rings is 1. The van der Waals surface area contributed by atoms with E-state index in [2.05, 4.69) is 4.98 Å². The van der Waals surface area contributed by atoms with Crippen molar-refractivity contribution in [2.75, 3.05) is 0 Å². The van der Waals surface area contributed by atoms with E-state index in [-0.39, 0.29) is 0 Å². The lowest BCUT2D eigenvalue weighted by Crippen LogP contribution is -2.02. The lowest BCUT2D eigenvalue weighted by molar-refractivity contribution is 0.482. The van der Waals surface area contributed by atoms with Crippen molar-refractivity contribution in [2.45, 2.75) is 5.75 Å². The minimum absolute atomic E-state index is 0.441. The zero-order valence-corrected chi connectivity index (χ0v) is 9.02. The first-order valence-corrected chi connectivity index (χ1v) is 6.09. The Kier molecular flexibility index (Phi) is 2.76. The van der Waals surface area contributed by atoms with Crippen molar-refractivity contribution in [3.63, 3.8) is 0 Å². The topological polar surface area (TPSA) is 80.4 Å². The van der Waals surface area contributed by atoms with Crippen LogP contribution in [0.25, 0.3) is 11.3 Å². The second-order valence-electron chi connectivity index (χ2n) is 3.25. The molecule has 0 aliphatic carbocycles. The van der Waals surface area contributed by atoms with Gasteiger partial charge in [0, 0.05) is 5.56 Å². The average molecular weight is 239 g/mol. The maximum absolute atomic E-state index is 10.8. The van der Waals surface area contributed by atoms with Gasteiger partial charge in [-0.2, -0.15) is 8.42 Å². The molecule has 5 nitrogen and oxygen atoms in total. The van der Waals surface area contributed by atoms with Crippen LogP contribution in [0.3, 0.4) is 0 Å². The van der Waals surface area contributed by atoms with Crippen LogP contribution >= 0.6 is 0 Å². The monoisotopic (exact) mass is 239 g/mol. The molecular weight excluding hydrogens is 230 g/mol. The molecule has 0 saturated heterocycles. The Bertz CT molecular complexity index is 575. The van der Waals surface area contributed by atoms with Crippen molar-refractivity contribution >= 4 is 10.1 Å². The van der Waals surface area contributed by atoms with Crippen LogP contribution in [-0.4, -0.2) is 18.0 Å². The van der Waals surface area contributed by atoms with Gasteiger partial charge in [-0.1, -0.05) is 24.3 Å². The van der Waals surface area contributed by atoms with E-state index in [9.17, 15) is 8.42 Å². The summed E-state index contributed by atoms with van der Waals surface area (Å²) in [4.78, 5) is 3.76. The van der Waals surface area contributed by atoms with E-state index >= 15 is 0 Å². The van der Waals surface area contributed by atoms with Crippen molar-refractivity contribution < 1.29 is 17.4 Å². The summed E-state index contributed by atoms with van der Waals surface area (Å²) in [7, 11) is -4.05. The van der Waals surface area contributed by atoms with Crippen molar-refractivity contribution in [1.82, 2.24) is 4.98 Å². The van der Waals surface area contributed by atoms with Gasteiger partial charge in [0.05, 0.1) is 6.20 Å². The molecule has 2 aromatic rings. The fourth-order valence-electron chi connectivity index (χ4n) is 1.43. The first kappa shape index (κ1) is 10.8. The highest BCUT2D eigenvalue weighted by molar-refractivity contribution is 7.85. The molecule has 0 spiro atoms. The van der Waals surface area contributed by atoms with Gasteiger partial charge in [0.15, 0.2) is 12.2 Å². The van der Waals surface area contributed by atoms with Gasteiger partial charge in [-0.15, -0.1) is 0 Å². The van der Waals surface area contributed by atoms with Crippen molar-refractivity contribution in [3.05, 3.63) is 42.4 Å². The molecule has 0 atom stereocenters. The molecule has 1 N–H and O–H groups in total. The van der Waals surface area contributed by atoms with Gasteiger partial charge in [-0.05, 0) is 5.56 Å². The summed E-state index contributed by atoms with van der Waals surface area (Å²) >= 11 is 0. The van der Waals surface area contributed by atoms with Crippen molar-refractivity contribution in [2.24, 2.45) is 0 Å². The molecule has 0 aliphatic heterocycles. The van der Waals surface area contributed by atoms with E-state index in [0.29, 0.717) is 16.9 Å². The van der Waals surface area contributed by atoms with Gasteiger partial charge in [-0.3, -0.25) is 4.55 Å². The SMILES string of the molecule is O=S(=O)(O)Cc1ccccc1-c1cnco1. The minimum atomic E-state index is -4.05. The fraction of sp³-hybridized carbons (Fsp3) is 0.100. The van der Waals surface area contributed by atoms with Gasteiger partial charge in [-0.25, -0.2) is 4.98 Å². The molecule has 6 heteroatoms. The zero-order chi connectivity index (χ0) is 11.6. The Morgan fingerprint density at radius 2 is 2.06 bits per heavy atom. The molecule has 0 amide bonds. The number of aromatic nitrogens is 1. The summed E-state index contributed by atoms with van der Waals surface area (Å²) < 4.78 is 35.6. The van der Waals surface area contributed by atoms with E-state index in [0.717, 1.165) is 0 Å².